The van der Waals surface area contributed by atoms with Crippen LogP contribution in [0.15, 0.2) is 54.6 Å². The molecule has 7 heteroatoms. The van der Waals surface area contributed by atoms with E-state index in [4.69, 9.17) is 4.74 Å². The zero-order chi connectivity index (χ0) is 20.5. The maximum absolute atomic E-state index is 12.6. The molecule has 0 spiro atoms. The number of carbonyl (C=O) groups excluding carboxylic acids is 3. The van der Waals surface area contributed by atoms with E-state index in [1.807, 2.05) is 30.3 Å². The number of hydrogen-bond acceptors (Lipinski definition) is 4. The molecule has 0 aromatic heterocycles. The van der Waals surface area contributed by atoms with E-state index in [1.54, 1.807) is 38.4 Å². The Morgan fingerprint density at radius 3 is 2.43 bits per heavy atom. The maximum atomic E-state index is 12.6. The molecule has 0 radical (unpaired) electrons. The molecule has 0 aliphatic rings. The average Bonchev–Trinajstić information content (AvgIpc) is 2.67. The van der Waals surface area contributed by atoms with Crippen molar-refractivity contribution >= 4 is 23.4 Å². The fraction of sp³-hybridized carbons (Fsp3) is 0.286. The lowest BCUT2D eigenvalue weighted by atomic mass is 10.0. The lowest BCUT2D eigenvalue weighted by Gasteiger charge is -2.22. The van der Waals surface area contributed by atoms with Crippen LogP contribution in [0.1, 0.15) is 24.9 Å². The van der Waals surface area contributed by atoms with E-state index in [0.717, 1.165) is 5.56 Å². The average molecular weight is 383 g/mol. The van der Waals surface area contributed by atoms with Crippen LogP contribution in [-0.4, -0.2) is 43.3 Å². The van der Waals surface area contributed by atoms with Gasteiger partial charge in [-0.2, -0.15) is 0 Å². The second-order valence-electron chi connectivity index (χ2n) is 6.40. The Balaban J connectivity index is 1.96. The molecule has 7 nitrogen and oxygen atoms in total. The number of rotatable bonds is 8. The third-order valence-electron chi connectivity index (χ3n) is 4.12. The molecule has 3 amide bonds. The van der Waals surface area contributed by atoms with E-state index in [0.29, 0.717) is 11.4 Å². The predicted molar refractivity (Wildman–Crippen MR) is 107 cm³/mol. The molecular formula is C21H25N3O4. The molecule has 2 aromatic rings. The van der Waals surface area contributed by atoms with Crippen LogP contribution in [0.5, 0.6) is 5.75 Å². The fourth-order valence-electron chi connectivity index (χ4n) is 2.72. The highest BCUT2D eigenvalue weighted by Crippen LogP contribution is 2.18. The first-order chi connectivity index (χ1) is 13.4. The molecule has 1 atom stereocenters. The van der Waals surface area contributed by atoms with Gasteiger partial charge in [0.25, 0.3) is 0 Å². The number of amides is 3. The Bertz CT molecular complexity index is 823. The minimum Gasteiger partial charge on any atom is -0.497 e. The van der Waals surface area contributed by atoms with Gasteiger partial charge in [-0.1, -0.05) is 36.4 Å². The number of nitrogens with zero attached hydrogens (tertiary/aromatic N) is 1. The molecule has 0 bridgehead atoms. The molecule has 2 rings (SSSR count). The lowest BCUT2D eigenvalue weighted by Crippen LogP contribution is -2.38. The number of ether oxygens (including phenoxy) is 1. The first-order valence-corrected chi connectivity index (χ1v) is 8.89. The zero-order valence-electron chi connectivity index (χ0n) is 16.3. The summed E-state index contributed by atoms with van der Waals surface area (Å²) in [5.74, 6) is -0.161. The first-order valence-electron chi connectivity index (χ1n) is 8.89. The van der Waals surface area contributed by atoms with E-state index in [-0.39, 0.29) is 30.7 Å². The Hall–Kier alpha value is -3.35. The van der Waals surface area contributed by atoms with Gasteiger partial charge in [0.15, 0.2) is 0 Å². The minimum atomic E-state index is -0.449. The first kappa shape index (κ1) is 21.0. The molecule has 0 aliphatic heterocycles. The van der Waals surface area contributed by atoms with Crippen LogP contribution >= 0.6 is 0 Å². The largest absolute Gasteiger partial charge is 0.497 e. The normalized spacial score (nSPS) is 11.2. The van der Waals surface area contributed by atoms with E-state index >= 15 is 0 Å². The molecule has 0 saturated heterocycles. The van der Waals surface area contributed by atoms with Gasteiger partial charge in [-0.25, -0.2) is 0 Å². The third-order valence-corrected chi connectivity index (χ3v) is 4.12. The van der Waals surface area contributed by atoms with Crippen LogP contribution in [0, 0.1) is 0 Å². The summed E-state index contributed by atoms with van der Waals surface area (Å²) in [7, 11) is 3.11. The van der Waals surface area contributed by atoms with Crippen molar-refractivity contribution in [3.8, 4) is 5.75 Å². The lowest BCUT2D eigenvalue weighted by molar-refractivity contribution is -0.134. The molecular weight excluding hydrogens is 358 g/mol. The van der Waals surface area contributed by atoms with E-state index < -0.39 is 6.04 Å². The summed E-state index contributed by atoms with van der Waals surface area (Å²) in [5, 5.41) is 5.52. The van der Waals surface area contributed by atoms with Crippen LogP contribution in [0.25, 0.3) is 0 Å². The highest BCUT2D eigenvalue weighted by atomic mass is 16.5. The summed E-state index contributed by atoms with van der Waals surface area (Å²) < 4.78 is 5.12. The highest BCUT2D eigenvalue weighted by Gasteiger charge is 2.20. The maximum Gasteiger partial charge on any atom is 0.243 e. The second-order valence-corrected chi connectivity index (χ2v) is 6.40. The van der Waals surface area contributed by atoms with Crippen molar-refractivity contribution in [3.63, 3.8) is 0 Å². The van der Waals surface area contributed by atoms with Crippen molar-refractivity contribution in [1.29, 1.82) is 0 Å². The standard InChI is InChI=1S/C21H25N3O4/c1-15(25)22-19(16-8-5-4-6-9-16)13-21(27)24(2)14-20(26)23-17-10-7-11-18(12-17)28-3/h4-12,19H,13-14H2,1-3H3,(H,22,25)(H,23,26). The number of nitrogens with one attached hydrogen (secondary N) is 2. The van der Waals surface area contributed by atoms with E-state index in [2.05, 4.69) is 10.6 Å². The number of anilines is 1. The van der Waals surface area contributed by atoms with Gasteiger partial charge in [-0.3, -0.25) is 14.4 Å². The van der Waals surface area contributed by atoms with Gasteiger partial charge >= 0.3 is 0 Å². The number of carbonyl (C=O) groups is 3. The topological polar surface area (TPSA) is 87.7 Å². The Morgan fingerprint density at radius 2 is 1.79 bits per heavy atom. The van der Waals surface area contributed by atoms with Crippen LogP contribution in [0.4, 0.5) is 5.69 Å². The second kappa shape index (κ2) is 10.1. The smallest absolute Gasteiger partial charge is 0.243 e. The van der Waals surface area contributed by atoms with Crippen LogP contribution in [0.2, 0.25) is 0 Å². The summed E-state index contributed by atoms with van der Waals surface area (Å²) in [4.78, 5) is 37.7. The van der Waals surface area contributed by atoms with Crippen molar-refractivity contribution in [2.24, 2.45) is 0 Å². The predicted octanol–water partition coefficient (Wildman–Crippen LogP) is 2.36. The van der Waals surface area contributed by atoms with Gasteiger partial charge in [0.05, 0.1) is 26.1 Å². The quantitative estimate of drug-likeness (QED) is 0.733. The molecule has 0 fully saturated rings. The van der Waals surface area contributed by atoms with Crippen molar-refractivity contribution < 1.29 is 19.1 Å². The zero-order valence-corrected chi connectivity index (χ0v) is 16.3. The molecule has 2 N–H and O–H groups in total. The molecule has 148 valence electrons. The molecule has 0 heterocycles. The van der Waals surface area contributed by atoms with Gasteiger partial charge in [0, 0.05) is 25.7 Å². The highest BCUT2D eigenvalue weighted by molar-refractivity contribution is 5.94. The van der Waals surface area contributed by atoms with Crippen molar-refractivity contribution in [2.45, 2.75) is 19.4 Å². The Kier molecular flexibility index (Phi) is 7.56. The van der Waals surface area contributed by atoms with Crippen molar-refractivity contribution in [2.75, 3.05) is 26.0 Å². The minimum absolute atomic E-state index is 0.0620. The number of likely N-dealkylation sites (N-methyl/N-ethyl adjacent to an activating group) is 1. The van der Waals surface area contributed by atoms with Gasteiger partial charge in [0.1, 0.15) is 5.75 Å². The van der Waals surface area contributed by atoms with Crippen molar-refractivity contribution in [3.05, 3.63) is 60.2 Å². The molecule has 0 aliphatic carbocycles. The van der Waals surface area contributed by atoms with Gasteiger partial charge in [-0.15, -0.1) is 0 Å². The molecule has 1 unspecified atom stereocenters. The van der Waals surface area contributed by atoms with E-state index in [1.165, 1.54) is 11.8 Å². The summed E-state index contributed by atoms with van der Waals surface area (Å²) in [6, 6.07) is 15.8. The summed E-state index contributed by atoms with van der Waals surface area (Å²) in [6.45, 7) is 1.31. The van der Waals surface area contributed by atoms with E-state index in [9.17, 15) is 14.4 Å². The number of hydrogen-bond donors (Lipinski definition) is 2. The number of benzene rings is 2. The van der Waals surface area contributed by atoms with Gasteiger partial charge in [0.2, 0.25) is 17.7 Å². The molecule has 28 heavy (non-hydrogen) atoms. The number of methoxy groups -OCH3 is 1. The van der Waals surface area contributed by atoms with Crippen LogP contribution < -0.4 is 15.4 Å². The summed E-state index contributed by atoms with van der Waals surface area (Å²) in [5.41, 5.74) is 1.42. The fourth-order valence-corrected chi connectivity index (χ4v) is 2.72. The Morgan fingerprint density at radius 1 is 1.07 bits per heavy atom. The third kappa shape index (κ3) is 6.42. The van der Waals surface area contributed by atoms with Crippen LogP contribution in [-0.2, 0) is 14.4 Å². The Labute approximate surface area is 164 Å². The van der Waals surface area contributed by atoms with Crippen molar-refractivity contribution in [1.82, 2.24) is 10.2 Å². The summed E-state index contributed by atoms with van der Waals surface area (Å²) in [6.07, 6.45) is 0.0620. The SMILES string of the molecule is COc1cccc(NC(=O)CN(C)C(=O)CC(NC(C)=O)c2ccccc2)c1. The molecule has 2 aromatic carbocycles. The van der Waals surface area contributed by atoms with Gasteiger partial charge in [-0.05, 0) is 17.7 Å². The van der Waals surface area contributed by atoms with Gasteiger partial charge < -0.3 is 20.3 Å². The van der Waals surface area contributed by atoms with Crippen LogP contribution in [0.3, 0.4) is 0 Å². The molecule has 0 saturated carbocycles. The monoisotopic (exact) mass is 383 g/mol. The summed E-state index contributed by atoms with van der Waals surface area (Å²) >= 11 is 0.